The summed E-state index contributed by atoms with van der Waals surface area (Å²) in [5, 5.41) is 7.47. The summed E-state index contributed by atoms with van der Waals surface area (Å²) in [4.78, 5) is 11.8. The number of hydrogen-bond donors (Lipinski definition) is 2. The lowest BCUT2D eigenvalue weighted by Gasteiger charge is -2.08. The van der Waals surface area contributed by atoms with E-state index >= 15 is 0 Å². The Hall–Kier alpha value is -1.55. The zero-order valence-electron chi connectivity index (χ0n) is 12.1. The predicted molar refractivity (Wildman–Crippen MR) is 91.1 cm³/mol. The van der Waals surface area contributed by atoms with Gasteiger partial charge in [0.2, 0.25) is 5.91 Å². The summed E-state index contributed by atoms with van der Waals surface area (Å²) in [7, 11) is 0. The van der Waals surface area contributed by atoms with Crippen LogP contribution in [-0.4, -0.2) is 12.5 Å². The van der Waals surface area contributed by atoms with Crippen LogP contribution in [0.1, 0.15) is 17.5 Å². The second-order valence-corrected chi connectivity index (χ2v) is 5.70. The highest BCUT2D eigenvalue weighted by Gasteiger charge is 2.04. The van der Waals surface area contributed by atoms with Gasteiger partial charge in [-0.1, -0.05) is 59.6 Å². The lowest BCUT2D eigenvalue weighted by atomic mass is 10.2. The average molecular weight is 337 g/mol. The minimum atomic E-state index is -0.00780. The molecule has 0 atom stereocenters. The van der Waals surface area contributed by atoms with Gasteiger partial charge >= 0.3 is 0 Å². The maximum absolute atomic E-state index is 11.8. The molecule has 2 rings (SSSR count). The molecule has 5 heteroatoms. The quantitative estimate of drug-likeness (QED) is 0.755. The smallest absolute Gasteiger partial charge is 0.221 e. The van der Waals surface area contributed by atoms with Gasteiger partial charge in [0.05, 0.1) is 0 Å². The Morgan fingerprint density at radius 1 is 0.864 bits per heavy atom. The first-order valence-electron chi connectivity index (χ1n) is 7.11. The molecular formula is C17H18Cl2N2O. The molecule has 116 valence electrons. The molecule has 2 N–H and O–H groups in total. The lowest BCUT2D eigenvalue weighted by molar-refractivity contribution is -0.121. The van der Waals surface area contributed by atoms with Gasteiger partial charge in [0.15, 0.2) is 0 Å². The number of carbonyl (C=O) groups excluding carboxylic acids is 1. The van der Waals surface area contributed by atoms with Crippen molar-refractivity contribution in [2.45, 2.75) is 19.5 Å². The van der Waals surface area contributed by atoms with Gasteiger partial charge in [-0.3, -0.25) is 4.79 Å². The van der Waals surface area contributed by atoms with Crippen LogP contribution in [0.3, 0.4) is 0 Å². The van der Waals surface area contributed by atoms with Gasteiger partial charge < -0.3 is 10.6 Å². The first-order valence-corrected chi connectivity index (χ1v) is 7.86. The zero-order valence-corrected chi connectivity index (χ0v) is 13.6. The Balaban J connectivity index is 1.66. The third-order valence-electron chi connectivity index (χ3n) is 3.24. The minimum Gasteiger partial charge on any atom is -0.352 e. The molecule has 0 heterocycles. The van der Waals surface area contributed by atoms with Crippen molar-refractivity contribution < 1.29 is 4.79 Å². The number of benzene rings is 2. The van der Waals surface area contributed by atoms with Crippen molar-refractivity contribution in [2.75, 3.05) is 6.54 Å². The van der Waals surface area contributed by atoms with Crippen molar-refractivity contribution in [2.24, 2.45) is 0 Å². The summed E-state index contributed by atoms with van der Waals surface area (Å²) in [5.74, 6) is -0.00780. The van der Waals surface area contributed by atoms with Gasteiger partial charge in [-0.05, 0) is 23.3 Å². The monoisotopic (exact) mass is 336 g/mol. The van der Waals surface area contributed by atoms with E-state index in [0.29, 0.717) is 31.1 Å². The largest absolute Gasteiger partial charge is 0.352 e. The summed E-state index contributed by atoms with van der Waals surface area (Å²) >= 11 is 12.1. The molecule has 2 aromatic rings. The zero-order chi connectivity index (χ0) is 15.8. The predicted octanol–water partition coefficient (Wildman–Crippen LogP) is 3.79. The molecule has 22 heavy (non-hydrogen) atoms. The van der Waals surface area contributed by atoms with Crippen LogP contribution >= 0.6 is 23.2 Å². The molecule has 0 unspecified atom stereocenters. The minimum absolute atomic E-state index is 0.00780. The number of rotatable bonds is 7. The average Bonchev–Trinajstić information content (AvgIpc) is 2.52. The topological polar surface area (TPSA) is 41.1 Å². The van der Waals surface area contributed by atoms with Crippen molar-refractivity contribution >= 4 is 29.1 Å². The standard InChI is InChI=1S/C17H18Cl2N2O/c18-15-7-3-1-5-13(15)11-20-10-9-17(22)21-12-14-6-2-4-8-16(14)19/h1-8,20H,9-12H2,(H,21,22). The maximum Gasteiger partial charge on any atom is 0.221 e. The van der Waals surface area contributed by atoms with Gasteiger partial charge in [0.1, 0.15) is 0 Å². The fraction of sp³-hybridized carbons (Fsp3) is 0.235. The van der Waals surface area contributed by atoms with E-state index in [1.807, 2.05) is 48.5 Å². The molecule has 0 aliphatic heterocycles. The van der Waals surface area contributed by atoms with Crippen molar-refractivity contribution in [1.29, 1.82) is 0 Å². The van der Waals surface area contributed by atoms with Crippen LogP contribution in [0.5, 0.6) is 0 Å². The molecule has 0 bridgehead atoms. The molecule has 0 aliphatic carbocycles. The molecule has 0 spiro atoms. The molecule has 2 aromatic carbocycles. The van der Waals surface area contributed by atoms with E-state index in [-0.39, 0.29) is 5.91 Å². The normalized spacial score (nSPS) is 10.5. The van der Waals surface area contributed by atoms with Crippen LogP contribution in [0.2, 0.25) is 10.0 Å². The highest BCUT2D eigenvalue weighted by atomic mass is 35.5. The van der Waals surface area contributed by atoms with Gasteiger partial charge in [0, 0.05) is 36.1 Å². The summed E-state index contributed by atoms with van der Waals surface area (Å²) in [6.07, 6.45) is 0.412. The van der Waals surface area contributed by atoms with Crippen LogP contribution in [0.4, 0.5) is 0 Å². The number of amides is 1. The summed E-state index contributed by atoms with van der Waals surface area (Å²) in [5.41, 5.74) is 1.95. The van der Waals surface area contributed by atoms with E-state index in [0.717, 1.165) is 16.1 Å². The van der Waals surface area contributed by atoms with E-state index < -0.39 is 0 Å². The summed E-state index contributed by atoms with van der Waals surface area (Å²) in [6, 6.07) is 15.1. The third-order valence-corrected chi connectivity index (χ3v) is 3.97. The van der Waals surface area contributed by atoms with Crippen LogP contribution < -0.4 is 10.6 Å². The van der Waals surface area contributed by atoms with Crippen molar-refractivity contribution in [3.05, 3.63) is 69.7 Å². The van der Waals surface area contributed by atoms with Crippen molar-refractivity contribution in [3.8, 4) is 0 Å². The number of nitrogens with one attached hydrogen (secondary N) is 2. The molecule has 0 aromatic heterocycles. The highest BCUT2D eigenvalue weighted by molar-refractivity contribution is 6.31. The molecule has 0 saturated heterocycles. The fourth-order valence-electron chi connectivity index (χ4n) is 1.99. The van der Waals surface area contributed by atoms with Crippen LogP contribution in [0.25, 0.3) is 0 Å². The molecule has 0 saturated carbocycles. The van der Waals surface area contributed by atoms with Gasteiger partial charge in [0.25, 0.3) is 0 Å². The first kappa shape index (κ1) is 16.8. The van der Waals surface area contributed by atoms with E-state index in [9.17, 15) is 4.79 Å². The Kier molecular flexibility index (Phi) is 6.72. The number of hydrogen-bond acceptors (Lipinski definition) is 2. The van der Waals surface area contributed by atoms with Crippen LogP contribution in [0.15, 0.2) is 48.5 Å². The SMILES string of the molecule is O=C(CCNCc1ccccc1Cl)NCc1ccccc1Cl. The van der Waals surface area contributed by atoms with Crippen molar-refractivity contribution in [3.63, 3.8) is 0 Å². The van der Waals surface area contributed by atoms with E-state index in [1.165, 1.54) is 0 Å². The first-order chi connectivity index (χ1) is 10.7. The highest BCUT2D eigenvalue weighted by Crippen LogP contribution is 2.15. The summed E-state index contributed by atoms with van der Waals surface area (Å²) < 4.78 is 0. The molecule has 1 amide bonds. The number of carbonyl (C=O) groups is 1. The molecule has 3 nitrogen and oxygen atoms in total. The maximum atomic E-state index is 11.8. The Morgan fingerprint density at radius 2 is 1.41 bits per heavy atom. The van der Waals surface area contributed by atoms with Gasteiger partial charge in [-0.25, -0.2) is 0 Å². The van der Waals surface area contributed by atoms with Crippen LogP contribution in [-0.2, 0) is 17.9 Å². The number of halogens is 2. The molecule has 0 radical (unpaired) electrons. The second kappa shape index (κ2) is 8.79. The Morgan fingerprint density at radius 3 is 2.00 bits per heavy atom. The Labute approximate surface area is 140 Å². The third kappa shape index (κ3) is 5.34. The fourth-order valence-corrected chi connectivity index (χ4v) is 2.40. The second-order valence-electron chi connectivity index (χ2n) is 4.89. The molecular weight excluding hydrogens is 319 g/mol. The van der Waals surface area contributed by atoms with E-state index in [1.54, 1.807) is 0 Å². The van der Waals surface area contributed by atoms with Gasteiger partial charge in [-0.2, -0.15) is 0 Å². The van der Waals surface area contributed by atoms with E-state index in [4.69, 9.17) is 23.2 Å². The van der Waals surface area contributed by atoms with Crippen LogP contribution in [0, 0.1) is 0 Å². The molecule has 0 fully saturated rings. The lowest BCUT2D eigenvalue weighted by Crippen LogP contribution is -2.27. The molecule has 0 aliphatic rings. The Bertz CT molecular complexity index is 632. The van der Waals surface area contributed by atoms with Gasteiger partial charge in [-0.15, -0.1) is 0 Å². The van der Waals surface area contributed by atoms with E-state index in [2.05, 4.69) is 10.6 Å². The van der Waals surface area contributed by atoms with Crippen molar-refractivity contribution in [1.82, 2.24) is 10.6 Å². The summed E-state index contributed by atoms with van der Waals surface area (Å²) in [6.45, 7) is 1.69.